The minimum Gasteiger partial charge on any atom is -0.453 e. The Kier molecular flexibility index (Phi) is 6.72. The molecule has 0 spiro atoms. The molecular formula is C28H15BrN6O7. The highest BCUT2D eigenvalue weighted by molar-refractivity contribution is 9.10. The molecule has 0 atom stereocenters. The number of furan rings is 1. The van der Waals surface area contributed by atoms with Gasteiger partial charge >= 0.3 is 5.69 Å². The van der Waals surface area contributed by atoms with Crippen LogP contribution in [-0.4, -0.2) is 30.7 Å². The zero-order valence-electron chi connectivity index (χ0n) is 21.1. The molecule has 14 heteroatoms. The van der Waals surface area contributed by atoms with E-state index in [4.69, 9.17) is 9.15 Å². The molecule has 3 aromatic carbocycles. The second kappa shape index (κ2) is 10.7. The fraction of sp³-hybridized carbons (Fsp3) is 0. The van der Waals surface area contributed by atoms with Crippen molar-refractivity contribution in [2.45, 2.75) is 0 Å². The van der Waals surface area contributed by atoms with Crippen LogP contribution in [0.3, 0.4) is 0 Å². The number of halogens is 1. The molecule has 0 saturated heterocycles. The third kappa shape index (κ3) is 4.97. The monoisotopic (exact) mass is 626 g/mol. The predicted octanol–water partition coefficient (Wildman–Crippen LogP) is 6.46. The van der Waals surface area contributed by atoms with E-state index in [9.17, 15) is 25.0 Å². The van der Waals surface area contributed by atoms with Crippen molar-refractivity contribution in [3.8, 4) is 23.2 Å². The third-order valence-electron chi connectivity index (χ3n) is 6.12. The van der Waals surface area contributed by atoms with Gasteiger partial charge in [0.05, 0.1) is 27.0 Å². The maximum atomic E-state index is 13.6. The van der Waals surface area contributed by atoms with Crippen molar-refractivity contribution >= 4 is 55.4 Å². The fourth-order valence-electron chi connectivity index (χ4n) is 4.18. The number of hydrogen-bond acceptors (Lipinski definition) is 10. The summed E-state index contributed by atoms with van der Waals surface area (Å²) in [6, 6.07) is 20.4. The second-order valence-electron chi connectivity index (χ2n) is 8.77. The molecule has 3 heterocycles. The Balaban J connectivity index is 1.49. The number of pyridine rings is 1. The molecule has 6 aromatic rings. The summed E-state index contributed by atoms with van der Waals surface area (Å²) in [5.41, 5.74) is -0.0702. The van der Waals surface area contributed by atoms with Gasteiger partial charge in [0.2, 0.25) is 17.5 Å². The molecule has 13 nitrogen and oxygen atoms in total. The second-order valence-corrected chi connectivity index (χ2v) is 9.69. The van der Waals surface area contributed by atoms with Gasteiger partial charge < -0.3 is 9.15 Å². The van der Waals surface area contributed by atoms with Crippen LogP contribution >= 0.6 is 15.9 Å². The van der Waals surface area contributed by atoms with Crippen LogP contribution in [0, 0.1) is 20.2 Å². The molecule has 0 unspecified atom stereocenters. The van der Waals surface area contributed by atoms with Crippen molar-refractivity contribution in [3.05, 3.63) is 126 Å². The van der Waals surface area contributed by atoms with Crippen molar-refractivity contribution in [1.29, 1.82) is 0 Å². The van der Waals surface area contributed by atoms with Crippen molar-refractivity contribution in [1.82, 2.24) is 14.6 Å². The summed E-state index contributed by atoms with van der Waals surface area (Å²) in [5.74, 6) is 0.0219. The lowest BCUT2D eigenvalue weighted by atomic mass is 10.2. The molecule has 0 fully saturated rings. The summed E-state index contributed by atoms with van der Waals surface area (Å²) in [6.45, 7) is 0. The first-order valence-electron chi connectivity index (χ1n) is 12.1. The number of para-hydroxylation sites is 2. The SMILES string of the molecule is O=c1c2ccccc2nc(-c2cc3cc(Br)ccc3o2)n1N=Cc1cccc([N+](=O)[O-])c1Oc1ccc([N+](=O)[O-])cn1. The van der Waals surface area contributed by atoms with Gasteiger partial charge in [-0.05, 0) is 42.5 Å². The maximum Gasteiger partial charge on any atom is 0.312 e. The zero-order valence-corrected chi connectivity index (χ0v) is 22.7. The minimum atomic E-state index is -0.653. The lowest BCUT2D eigenvalue weighted by molar-refractivity contribution is -0.385. The van der Waals surface area contributed by atoms with Crippen LogP contribution in [0.1, 0.15) is 5.56 Å². The molecule has 0 aliphatic heterocycles. The van der Waals surface area contributed by atoms with Crippen molar-refractivity contribution in [3.63, 3.8) is 0 Å². The average Bonchev–Trinajstić information content (AvgIpc) is 3.40. The number of hydrogen-bond donors (Lipinski definition) is 0. The molecule has 0 radical (unpaired) electrons. The average molecular weight is 627 g/mol. The first-order chi connectivity index (χ1) is 20.3. The molecular weight excluding hydrogens is 612 g/mol. The summed E-state index contributed by atoms with van der Waals surface area (Å²) < 4.78 is 13.6. The molecule has 0 aliphatic carbocycles. The third-order valence-corrected chi connectivity index (χ3v) is 6.62. The zero-order chi connectivity index (χ0) is 29.4. The van der Waals surface area contributed by atoms with Gasteiger partial charge in [-0.1, -0.05) is 34.1 Å². The lowest BCUT2D eigenvalue weighted by Gasteiger charge is -2.09. The van der Waals surface area contributed by atoms with Gasteiger partial charge in [-0.25, -0.2) is 9.97 Å². The molecule has 0 amide bonds. The van der Waals surface area contributed by atoms with Gasteiger partial charge in [-0.3, -0.25) is 25.0 Å². The van der Waals surface area contributed by atoms with E-state index in [1.165, 1.54) is 30.5 Å². The molecule has 3 aromatic heterocycles. The number of fused-ring (bicyclic) bond motifs is 2. The fourth-order valence-corrected chi connectivity index (χ4v) is 4.56. The Bertz CT molecular complexity index is 2120. The van der Waals surface area contributed by atoms with E-state index >= 15 is 0 Å². The van der Waals surface area contributed by atoms with Crippen LogP contribution in [0.4, 0.5) is 11.4 Å². The molecule has 42 heavy (non-hydrogen) atoms. The van der Waals surface area contributed by atoms with E-state index in [1.807, 2.05) is 12.1 Å². The number of aromatic nitrogens is 3. The van der Waals surface area contributed by atoms with Gasteiger partial charge in [0.1, 0.15) is 11.8 Å². The van der Waals surface area contributed by atoms with E-state index in [-0.39, 0.29) is 34.5 Å². The Morgan fingerprint density at radius 2 is 1.81 bits per heavy atom. The molecule has 0 aliphatic rings. The van der Waals surface area contributed by atoms with Crippen LogP contribution in [0.15, 0.2) is 104 Å². The van der Waals surface area contributed by atoms with Gasteiger partial charge in [-0.2, -0.15) is 9.78 Å². The smallest absolute Gasteiger partial charge is 0.312 e. The Hall–Kier alpha value is -5.76. The summed E-state index contributed by atoms with van der Waals surface area (Å²) in [4.78, 5) is 43.6. The number of ether oxygens (including phenoxy) is 1. The largest absolute Gasteiger partial charge is 0.453 e. The van der Waals surface area contributed by atoms with E-state index < -0.39 is 21.1 Å². The number of nitro groups is 2. The normalized spacial score (nSPS) is 11.4. The standard InChI is InChI=1S/C28H15BrN6O7/c29-18-8-10-23-17(12-18)13-24(41-23)27-32-21-6-2-1-5-20(21)28(36)33(27)31-14-16-4-3-7-22(35(39)40)26(16)42-25-11-9-19(15-30-25)34(37)38/h1-15H. The number of nitro benzene ring substituents is 1. The quantitative estimate of drug-likeness (QED) is 0.110. The van der Waals surface area contributed by atoms with Crippen LogP contribution < -0.4 is 10.3 Å². The van der Waals surface area contributed by atoms with E-state index in [0.29, 0.717) is 16.5 Å². The van der Waals surface area contributed by atoms with Gasteiger partial charge in [0.15, 0.2) is 5.76 Å². The van der Waals surface area contributed by atoms with Gasteiger partial charge in [0.25, 0.3) is 11.2 Å². The molecule has 206 valence electrons. The first-order valence-corrected chi connectivity index (χ1v) is 12.9. The highest BCUT2D eigenvalue weighted by Gasteiger charge is 2.21. The molecule has 0 saturated carbocycles. The van der Waals surface area contributed by atoms with Crippen molar-refractivity contribution < 1.29 is 19.0 Å². The molecule has 6 rings (SSSR count). The Labute approximate surface area is 242 Å². The first kappa shape index (κ1) is 26.5. The van der Waals surface area contributed by atoms with E-state index in [1.54, 1.807) is 36.4 Å². The summed E-state index contributed by atoms with van der Waals surface area (Å²) in [6.07, 6.45) is 2.19. The highest BCUT2D eigenvalue weighted by atomic mass is 79.9. The maximum absolute atomic E-state index is 13.6. The topological polar surface area (TPSA) is 169 Å². The van der Waals surface area contributed by atoms with Gasteiger partial charge in [0, 0.05) is 33.6 Å². The van der Waals surface area contributed by atoms with Crippen LogP contribution in [0.5, 0.6) is 11.6 Å². The number of nitrogens with zero attached hydrogens (tertiary/aromatic N) is 6. The number of benzene rings is 3. The van der Waals surface area contributed by atoms with Crippen molar-refractivity contribution in [2.75, 3.05) is 0 Å². The Morgan fingerprint density at radius 1 is 0.976 bits per heavy atom. The summed E-state index contributed by atoms with van der Waals surface area (Å²) in [7, 11) is 0. The van der Waals surface area contributed by atoms with Crippen LogP contribution in [0.25, 0.3) is 33.5 Å². The van der Waals surface area contributed by atoms with Gasteiger partial charge in [-0.15, -0.1) is 0 Å². The predicted molar refractivity (Wildman–Crippen MR) is 156 cm³/mol. The van der Waals surface area contributed by atoms with E-state index in [0.717, 1.165) is 26.8 Å². The lowest BCUT2D eigenvalue weighted by Crippen LogP contribution is -2.20. The molecule has 0 N–H and O–H groups in total. The Morgan fingerprint density at radius 3 is 2.57 bits per heavy atom. The van der Waals surface area contributed by atoms with Crippen LogP contribution in [0.2, 0.25) is 0 Å². The van der Waals surface area contributed by atoms with E-state index in [2.05, 4.69) is 31.0 Å². The highest BCUT2D eigenvalue weighted by Crippen LogP contribution is 2.34. The summed E-state index contributed by atoms with van der Waals surface area (Å²) in [5, 5.41) is 28.2. The number of rotatable bonds is 7. The van der Waals surface area contributed by atoms with Crippen molar-refractivity contribution in [2.24, 2.45) is 5.10 Å². The minimum absolute atomic E-state index is 0.104. The van der Waals surface area contributed by atoms with Crippen LogP contribution in [-0.2, 0) is 0 Å². The summed E-state index contributed by atoms with van der Waals surface area (Å²) >= 11 is 3.43. The molecule has 0 bridgehead atoms.